The van der Waals surface area contributed by atoms with Crippen LogP contribution in [0, 0.1) is 6.92 Å². The van der Waals surface area contributed by atoms with Crippen molar-refractivity contribution in [3.05, 3.63) is 23.9 Å². The van der Waals surface area contributed by atoms with E-state index in [9.17, 15) is 0 Å². The zero-order valence-electron chi connectivity index (χ0n) is 12.1. The summed E-state index contributed by atoms with van der Waals surface area (Å²) in [6, 6.07) is 5.97. The summed E-state index contributed by atoms with van der Waals surface area (Å²) in [5.74, 6) is 1.55. The van der Waals surface area contributed by atoms with Gasteiger partial charge in [0.15, 0.2) is 16.6 Å². The van der Waals surface area contributed by atoms with Crippen LogP contribution in [-0.2, 0) is 0 Å². The van der Waals surface area contributed by atoms with Crippen LogP contribution in [0.2, 0.25) is 0 Å². The van der Waals surface area contributed by atoms with E-state index in [1.165, 1.54) is 11.3 Å². The van der Waals surface area contributed by atoms with Crippen molar-refractivity contribution < 1.29 is 9.47 Å². The molecule has 0 aliphatic rings. The van der Waals surface area contributed by atoms with E-state index in [4.69, 9.17) is 15.2 Å². The topological polar surface area (TPSA) is 57.4 Å². The molecule has 1 aromatic heterocycles. The highest BCUT2D eigenvalue weighted by molar-refractivity contribution is 7.18. The summed E-state index contributed by atoms with van der Waals surface area (Å²) in [6.45, 7) is 7.30. The number of aromatic nitrogens is 1. The van der Waals surface area contributed by atoms with Gasteiger partial charge in [0.05, 0.1) is 23.8 Å². The van der Waals surface area contributed by atoms with Crippen molar-refractivity contribution in [1.82, 2.24) is 4.98 Å². The molecule has 0 unspecified atom stereocenters. The molecule has 0 bridgehead atoms. The number of rotatable bonds is 6. The molecule has 108 valence electrons. The maximum atomic E-state index is 5.76. The molecule has 0 spiro atoms. The summed E-state index contributed by atoms with van der Waals surface area (Å²) in [5.41, 5.74) is 7.76. The Bertz CT molecular complexity index is 581. The van der Waals surface area contributed by atoms with Crippen LogP contribution in [0.25, 0.3) is 10.4 Å². The van der Waals surface area contributed by atoms with E-state index in [0.29, 0.717) is 18.3 Å². The van der Waals surface area contributed by atoms with Crippen molar-refractivity contribution in [2.24, 2.45) is 0 Å². The van der Waals surface area contributed by atoms with Gasteiger partial charge in [-0.15, -0.1) is 0 Å². The Hall–Kier alpha value is -1.75. The highest BCUT2D eigenvalue weighted by Crippen LogP contribution is 2.37. The SMILES string of the molecule is CCCOc1ccc(-c2sc(N)nc2C)cc1OCC. The number of hydrogen-bond donors (Lipinski definition) is 1. The van der Waals surface area contributed by atoms with Crippen molar-refractivity contribution in [3.63, 3.8) is 0 Å². The van der Waals surface area contributed by atoms with Crippen molar-refractivity contribution >= 4 is 16.5 Å². The Morgan fingerprint density at radius 3 is 2.60 bits per heavy atom. The van der Waals surface area contributed by atoms with Crippen LogP contribution >= 0.6 is 11.3 Å². The zero-order valence-corrected chi connectivity index (χ0v) is 12.9. The molecule has 0 aliphatic heterocycles. The molecular formula is C15H20N2O2S. The molecule has 1 heterocycles. The predicted octanol–water partition coefficient (Wildman–Crippen LogP) is 3.89. The van der Waals surface area contributed by atoms with Gasteiger partial charge in [0, 0.05) is 0 Å². The van der Waals surface area contributed by atoms with Crippen LogP contribution < -0.4 is 15.2 Å². The first kappa shape index (κ1) is 14.7. The van der Waals surface area contributed by atoms with E-state index in [-0.39, 0.29) is 0 Å². The van der Waals surface area contributed by atoms with Gasteiger partial charge in [0.2, 0.25) is 0 Å². The minimum atomic E-state index is 0.585. The number of hydrogen-bond acceptors (Lipinski definition) is 5. The lowest BCUT2D eigenvalue weighted by molar-refractivity contribution is 0.277. The normalized spacial score (nSPS) is 10.6. The van der Waals surface area contributed by atoms with Gasteiger partial charge < -0.3 is 15.2 Å². The molecule has 20 heavy (non-hydrogen) atoms. The monoisotopic (exact) mass is 292 g/mol. The third-order valence-electron chi connectivity index (χ3n) is 2.78. The molecule has 0 fully saturated rings. The number of benzene rings is 1. The van der Waals surface area contributed by atoms with Gasteiger partial charge in [0.25, 0.3) is 0 Å². The van der Waals surface area contributed by atoms with Crippen LogP contribution in [0.3, 0.4) is 0 Å². The second-order valence-corrected chi connectivity index (χ2v) is 5.44. The first-order valence-corrected chi connectivity index (χ1v) is 7.60. The van der Waals surface area contributed by atoms with Gasteiger partial charge in [-0.3, -0.25) is 0 Å². The standard InChI is InChI=1S/C15H20N2O2S/c1-4-8-19-12-7-6-11(9-13(12)18-5-2)14-10(3)17-15(16)20-14/h6-7,9H,4-5,8H2,1-3H3,(H2,16,17). The van der Waals surface area contributed by atoms with E-state index in [1.807, 2.05) is 32.0 Å². The highest BCUT2D eigenvalue weighted by atomic mass is 32.1. The van der Waals surface area contributed by atoms with E-state index in [2.05, 4.69) is 11.9 Å². The number of ether oxygens (including phenoxy) is 2. The van der Waals surface area contributed by atoms with Gasteiger partial charge in [0.1, 0.15) is 0 Å². The third kappa shape index (κ3) is 3.22. The maximum absolute atomic E-state index is 5.76. The fourth-order valence-corrected chi connectivity index (χ4v) is 2.76. The van der Waals surface area contributed by atoms with Crippen molar-refractivity contribution in [3.8, 4) is 21.9 Å². The van der Waals surface area contributed by atoms with Crippen LogP contribution in [0.4, 0.5) is 5.13 Å². The smallest absolute Gasteiger partial charge is 0.180 e. The summed E-state index contributed by atoms with van der Waals surface area (Å²) < 4.78 is 11.4. The molecule has 2 N–H and O–H groups in total. The van der Waals surface area contributed by atoms with E-state index in [0.717, 1.165) is 34.1 Å². The number of aryl methyl sites for hydroxylation is 1. The molecular weight excluding hydrogens is 272 g/mol. The Labute approximate surface area is 123 Å². The molecule has 0 atom stereocenters. The third-order valence-corrected chi connectivity index (χ3v) is 3.82. The summed E-state index contributed by atoms with van der Waals surface area (Å²) in [4.78, 5) is 5.33. The fraction of sp³-hybridized carbons (Fsp3) is 0.400. The lowest BCUT2D eigenvalue weighted by Gasteiger charge is -2.12. The van der Waals surface area contributed by atoms with Gasteiger partial charge in [-0.05, 0) is 44.0 Å². The van der Waals surface area contributed by atoms with Gasteiger partial charge in [-0.2, -0.15) is 0 Å². The summed E-state index contributed by atoms with van der Waals surface area (Å²) in [7, 11) is 0. The van der Waals surface area contributed by atoms with Gasteiger partial charge in [-0.1, -0.05) is 18.3 Å². The number of nitrogens with two attached hydrogens (primary N) is 1. The molecule has 2 rings (SSSR count). The number of nitrogens with zero attached hydrogens (tertiary/aromatic N) is 1. The highest BCUT2D eigenvalue weighted by Gasteiger charge is 2.12. The average Bonchev–Trinajstić information content (AvgIpc) is 2.76. The fourth-order valence-electron chi connectivity index (χ4n) is 1.93. The summed E-state index contributed by atoms with van der Waals surface area (Å²) >= 11 is 1.49. The minimum absolute atomic E-state index is 0.585. The minimum Gasteiger partial charge on any atom is -0.490 e. The van der Waals surface area contributed by atoms with Crippen LogP contribution in [0.1, 0.15) is 26.0 Å². The number of thiazole rings is 1. The molecule has 0 radical (unpaired) electrons. The lowest BCUT2D eigenvalue weighted by Crippen LogP contribution is -2.00. The van der Waals surface area contributed by atoms with Crippen LogP contribution in [0.5, 0.6) is 11.5 Å². The Morgan fingerprint density at radius 1 is 1.20 bits per heavy atom. The Morgan fingerprint density at radius 2 is 2.00 bits per heavy atom. The molecule has 5 heteroatoms. The van der Waals surface area contributed by atoms with Gasteiger partial charge >= 0.3 is 0 Å². The molecule has 0 saturated heterocycles. The molecule has 4 nitrogen and oxygen atoms in total. The lowest BCUT2D eigenvalue weighted by atomic mass is 10.1. The predicted molar refractivity (Wildman–Crippen MR) is 83.7 cm³/mol. The maximum Gasteiger partial charge on any atom is 0.180 e. The molecule has 0 saturated carbocycles. The zero-order chi connectivity index (χ0) is 14.5. The Balaban J connectivity index is 2.36. The largest absolute Gasteiger partial charge is 0.490 e. The second kappa shape index (κ2) is 6.61. The average molecular weight is 292 g/mol. The number of anilines is 1. The first-order chi connectivity index (χ1) is 9.65. The first-order valence-electron chi connectivity index (χ1n) is 6.78. The van der Waals surface area contributed by atoms with Crippen LogP contribution in [-0.4, -0.2) is 18.2 Å². The molecule has 0 amide bonds. The molecule has 1 aromatic carbocycles. The van der Waals surface area contributed by atoms with Crippen molar-refractivity contribution in [1.29, 1.82) is 0 Å². The Kier molecular flexibility index (Phi) is 4.84. The van der Waals surface area contributed by atoms with Gasteiger partial charge in [-0.25, -0.2) is 4.98 Å². The second-order valence-electron chi connectivity index (χ2n) is 4.41. The van der Waals surface area contributed by atoms with Crippen molar-refractivity contribution in [2.45, 2.75) is 27.2 Å². The summed E-state index contributed by atoms with van der Waals surface area (Å²) in [5, 5.41) is 0.585. The van der Waals surface area contributed by atoms with Crippen LogP contribution in [0.15, 0.2) is 18.2 Å². The molecule has 0 aliphatic carbocycles. The molecule has 2 aromatic rings. The number of nitrogen functional groups attached to an aromatic ring is 1. The van der Waals surface area contributed by atoms with E-state index >= 15 is 0 Å². The quantitative estimate of drug-likeness (QED) is 0.877. The van der Waals surface area contributed by atoms with E-state index < -0.39 is 0 Å². The van der Waals surface area contributed by atoms with Crippen molar-refractivity contribution in [2.75, 3.05) is 18.9 Å². The summed E-state index contributed by atoms with van der Waals surface area (Å²) in [6.07, 6.45) is 0.970. The van der Waals surface area contributed by atoms with E-state index in [1.54, 1.807) is 0 Å².